The van der Waals surface area contributed by atoms with Crippen LogP contribution in [0.25, 0.3) is 0 Å². The first-order chi connectivity index (χ1) is 11.9. The Morgan fingerprint density at radius 2 is 1.80 bits per heavy atom. The maximum atomic E-state index is 14.4. The molecule has 1 amide bonds. The van der Waals surface area contributed by atoms with Gasteiger partial charge in [0.25, 0.3) is 0 Å². The quantitative estimate of drug-likeness (QED) is 0.886. The summed E-state index contributed by atoms with van der Waals surface area (Å²) in [5.74, 6) is -0.374. The maximum Gasteiger partial charge on any atom is 0.233 e. The topological polar surface area (TPSA) is 66.5 Å². The number of nitrogens with zero attached hydrogens (tertiary/aromatic N) is 1. The van der Waals surface area contributed by atoms with Crippen LogP contribution in [0, 0.1) is 5.82 Å². The highest BCUT2D eigenvalue weighted by molar-refractivity contribution is 7.90. The van der Waals surface area contributed by atoms with Crippen molar-refractivity contribution in [3.05, 3.63) is 35.6 Å². The maximum absolute atomic E-state index is 14.4. The van der Waals surface area contributed by atoms with E-state index in [1.165, 1.54) is 13.1 Å². The third-order valence-corrected chi connectivity index (χ3v) is 7.63. The van der Waals surface area contributed by atoms with Crippen LogP contribution in [0.4, 0.5) is 4.39 Å². The van der Waals surface area contributed by atoms with Crippen LogP contribution in [0.5, 0.6) is 0 Å². The summed E-state index contributed by atoms with van der Waals surface area (Å²) in [6.07, 6.45) is 3.96. The standard InChI is InChI=1S/C18H25FN2O3S/c1-20-25(23,24)14-8-12-21(13-9-14)17(22)18(10-4-5-11-18)15-6-2-3-7-16(15)19/h2-3,6-7,14,20H,4-5,8-13H2,1H3. The highest BCUT2D eigenvalue weighted by Crippen LogP contribution is 2.44. The van der Waals surface area contributed by atoms with E-state index in [1.807, 2.05) is 0 Å². The first-order valence-electron chi connectivity index (χ1n) is 8.87. The zero-order valence-electron chi connectivity index (χ0n) is 14.5. The molecule has 1 aliphatic carbocycles. The Hall–Kier alpha value is -1.47. The van der Waals surface area contributed by atoms with E-state index in [4.69, 9.17) is 0 Å². The second-order valence-electron chi connectivity index (χ2n) is 7.01. The first kappa shape index (κ1) is 18.3. The minimum Gasteiger partial charge on any atom is -0.342 e. The predicted octanol–water partition coefficient (Wildman–Crippen LogP) is 2.18. The normalized spacial score (nSPS) is 21.4. The number of nitrogens with one attached hydrogen (secondary N) is 1. The van der Waals surface area contributed by atoms with Crippen molar-refractivity contribution < 1.29 is 17.6 Å². The van der Waals surface area contributed by atoms with Gasteiger partial charge in [0.15, 0.2) is 0 Å². The fourth-order valence-corrected chi connectivity index (χ4v) is 5.43. The largest absolute Gasteiger partial charge is 0.342 e. The van der Waals surface area contributed by atoms with Crippen LogP contribution >= 0.6 is 0 Å². The third-order valence-electron chi connectivity index (χ3n) is 5.71. The molecule has 1 heterocycles. The summed E-state index contributed by atoms with van der Waals surface area (Å²) in [6, 6.07) is 6.54. The minimum absolute atomic E-state index is 0.0459. The summed E-state index contributed by atoms with van der Waals surface area (Å²) in [4.78, 5) is 15.0. The average molecular weight is 368 g/mol. The van der Waals surface area contributed by atoms with Crippen LogP contribution in [0.15, 0.2) is 24.3 Å². The molecule has 1 aromatic carbocycles. The molecule has 3 rings (SSSR count). The molecule has 7 heteroatoms. The Kier molecular flexibility index (Phi) is 5.16. The number of sulfonamides is 1. The Morgan fingerprint density at radius 1 is 1.20 bits per heavy atom. The van der Waals surface area contributed by atoms with E-state index in [0.29, 0.717) is 44.3 Å². The van der Waals surface area contributed by atoms with Crippen LogP contribution in [0.1, 0.15) is 44.1 Å². The second kappa shape index (κ2) is 7.03. The van der Waals surface area contributed by atoms with Gasteiger partial charge in [0.1, 0.15) is 5.82 Å². The molecule has 25 heavy (non-hydrogen) atoms. The van der Waals surface area contributed by atoms with Crippen molar-refractivity contribution in [3.63, 3.8) is 0 Å². The molecule has 5 nitrogen and oxygen atoms in total. The van der Waals surface area contributed by atoms with Gasteiger partial charge in [-0.1, -0.05) is 31.0 Å². The van der Waals surface area contributed by atoms with E-state index in [2.05, 4.69) is 4.72 Å². The molecule has 0 unspecified atom stereocenters. The lowest BCUT2D eigenvalue weighted by molar-refractivity contribution is -0.138. The number of carbonyl (C=O) groups is 1. The van der Waals surface area contributed by atoms with Gasteiger partial charge in [0, 0.05) is 18.7 Å². The number of amides is 1. The lowest BCUT2D eigenvalue weighted by Crippen LogP contribution is -2.51. The number of rotatable bonds is 4. The smallest absolute Gasteiger partial charge is 0.233 e. The van der Waals surface area contributed by atoms with Crippen molar-refractivity contribution >= 4 is 15.9 Å². The summed E-state index contributed by atoms with van der Waals surface area (Å²) >= 11 is 0. The van der Waals surface area contributed by atoms with E-state index in [1.54, 1.807) is 23.1 Å². The van der Waals surface area contributed by atoms with Crippen LogP contribution in [-0.2, 0) is 20.2 Å². The van der Waals surface area contributed by atoms with Crippen molar-refractivity contribution in [3.8, 4) is 0 Å². The van der Waals surface area contributed by atoms with Crippen molar-refractivity contribution in [2.45, 2.75) is 49.2 Å². The molecule has 2 fully saturated rings. The molecule has 0 aromatic heterocycles. The van der Waals surface area contributed by atoms with Gasteiger partial charge < -0.3 is 4.90 Å². The van der Waals surface area contributed by atoms with Crippen molar-refractivity contribution in [1.29, 1.82) is 0 Å². The molecule has 0 radical (unpaired) electrons. The Labute approximate surface area is 148 Å². The van der Waals surface area contributed by atoms with Gasteiger partial charge in [-0.2, -0.15) is 0 Å². The number of benzene rings is 1. The number of hydrogen-bond donors (Lipinski definition) is 1. The van der Waals surface area contributed by atoms with Gasteiger partial charge in [-0.3, -0.25) is 4.79 Å². The van der Waals surface area contributed by atoms with E-state index in [9.17, 15) is 17.6 Å². The van der Waals surface area contributed by atoms with E-state index < -0.39 is 20.7 Å². The molecule has 1 aromatic rings. The zero-order valence-corrected chi connectivity index (χ0v) is 15.3. The number of likely N-dealkylation sites (tertiary alicyclic amines) is 1. The molecule has 0 atom stereocenters. The summed E-state index contributed by atoms with van der Waals surface area (Å²) in [5, 5.41) is -0.463. The minimum atomic E-state index is -3.31. The summed E-state index contributed by atoms with van der Waals surface area (Å²) in [6.45, 7) is 0.807. The first-order valence-corrected chi connectivity index (χ1v) is 10.4. The van der Waals surface area contributed by atoms with E-state index >= 15 is 0 Å². The number of carbonyl (C=O) groups excluding carboxylic acids is 1. The molecule has 0 spiro atoms. The van der Waals surface area contributed by atoms with Gasteiger partial charge in [0.2, 0.25) is 15.9 Å². The monoisotopic (exact) mass is 368 g/mol. The van der Waals surface area contributed by atoms with Gasteiger partial charge >= 0.3 is 0 Å². The van der Waals surface area contributed by atoms with Crippen molar-refractivity contribution in [1.82, 2.24) is 9.62 Å². The van der Waals surface area contributed by atoms with Gasteiger partial charge in [-0.05, 0) is 38.8 Å². The number of piperidine rings is 1. The molecular formula is C18H25FN2O3S. The molecule has 1 saturated heterocycles. The summed E-state index contributed by atoms with van der Waals surface area (Å²) < 4.78 is 40.7. The molecular weight excluding hydrogens is 343 g/mol. The fraction of sp³-hybridized carbons (Fsp3) is 0.611. The van der Waals surface area contributed by atoms with Crippen LogP contribution in [0.3, 0.4) is 0 Å². The van der Waals surface area contributed by atoms with Crippen LogP contribution in [-0.4, -0.2) is 44.6 Å². The molecule has 1 N–H and O–H groups in total. The third kappa shape index (κ3) is 3.31. The number of hydrogen-bond acceptors (Lipinski definition) is 3. The number of halogens is 1. The van der Waals surface area contributed by atoms with Gasteiger partial charge in [-0.15, -0.1) is 0 Å². The van der Waals surface area contributed by atoms with E-state index in [0.717, 1.165) is 12.8 Å². The Balaban J connectivity index is 1.81. The lowest BCUT2D eigenvalue weighted by atomic mass is 9.77. The highest BCUT2D eigenvalue weighted by atomic mass is 32.2. The second-order valence-corrected chi connectivity index (χ2v) is 9.17. The predicted molar refractivity (Wildman–Crippen MR) is 94.1 cm³/mol. The molecule has 138 valence electrons. The molecule has 2 aliphatic rings. The van der Waals surface area contributed by atoms with Gasteiger partial charge in [0.05, 0.1) is 10.7 Å². The lowest BCUT2D eigenvalue weighted by Gasteiger charge is -2.38. The van der Waals surface area contributed by atoms with Crippen molar-refractivity contribution in [2.24, 2.45) is 0 Å². The van der Waals surface area contributed by atoms with Crippen LogP contribution in [0.2, 0.25) is 0 Å². The zero-order chi connectivity index (χ0) is 18.1. The summed E-state index contributed by atoms with van der Waals surface area (Å²) in [5.41, 5.74) is -0.303. The van der Waals surface area contributed by atoms with Crippen molar-refractivity contribution in [2.75, 3.05) is 20.1 Å². The SMILES string of the molecule is CNS(=O)(=O)C1CCN(C(=O)C2(c3ccccc3F)CCCC2)CC1. The van der Waals surface area contributed by atoms with Crippen LogP contribution < -0.4 is 4.72 Å². The average Bonchev–Trinajstić information content (AvgIpc) is 3.12. The van der Waals surface area contributed by atoms with Gasteiger partial charge in [-0.25, -0.2) is 17.5 Å². The highest BCUT2D eigenvalue weighted by Gasteiger charge is 2.47. The van der Waals surface area contributed by atoms with E-state index in [-0.39, 0.29) is 11.7 Å². The molecule has 1 aliphatic heterocycles. The Morgan fingerprint density at radius 3 is 2.36 bits per heavy atom. The summed E-state index contributed by atoms with van der Waals surface area (Å²) in [7, 11) is -1.90. The Bertz CT molecular complexity index is 736. The molecule has 0 bridgehead atoms. The molecule has 1 saturated carbocycles. The fourth-order valence-electron chi connectivity index (χ4n) is 4.26.